The third-order valence-corrected chi connectivity index (χ3v) is 4.86. The molecule has 0 radical (unpaired) electrons. The van der Waals surface area contributed by atoms with E-state index in [0.29, 0.717) is 11.0 Å². The molecule has 0 aliphatic rings. The summed E-state index contributed by atoms with van der Waals surface area (Å²) in [5.41, 5.74) is 2.40. The van der Waals surface area contributed by atoms with Gasteiger partial charge < -0.3 is 5.32 Å². The van der Waals surface area contributed by atoms with Gasteiger partial charge in [-0.3, -0.25) is 9.78 Å². The highest BCUT2D eigenvalue weighted by molar-refractivity contribution is 6.30. The van der Waals surface area contributed by atoms with E-state index in [1.165, 1.54) is 44.9 Å². The van der Waals surface area contributed by atoms with Crippen molar-refractivity contribution >= 4 is 23.2 Å². The molecule has 2 N–H and O–H groups in total. The monoisotopic (exact) mass is 375 g/mol. The Labute approximate surface area is 161 Å². The lowest BCUT2D eigenvalue weighted by atomic mass is 10.0. The zero-order chi connectivity index (χ0) is 18.8. The van der Waals surface area contributed by atoms with Crippen LogP contribution in [0, 0.1) is 6.92 Å². The third-order valence-electron chi connectivity index (χ3n) is 4.61. The van der Waals surface area contributed by atoms with E-state index in [1.54, 1.807) is 12.1 Å². The highest BCUT2D eigenvalue weighted by atomic mass is 35.5. The molecule has 0 spiro atoms. The van der Waals surface area contributed by atoms with E-state index >= 15 is 0 Å². The summed E-state index contributed by atoms with van der Waals surface area (Å²) in [5, 5.41) is 3.79. The second-order valence-electron chi connectivity index (χ2n) is 6.84. The van der Waals surface area contributed by atoms with Crippen molar-refractivity contribution in [2.75, 3.05) is 5.32 Å². The van der Waals surface area contributed by atoms with Crippen molar-refractivity contribution in [3.8, 4) is 0 Å². The van der Waals surface area contributed by atoms with Crippen molar-refractivity contribution in [3.05, 3.63) is 50.9 Å². The molecule has 0 atom stereocenters. The van der Waals surface area contributed by atoms with Crippen LogP contribution in [0.15, 0.2) is 29.1 Å². The van der Waals surface area contributed by atoms with Crippen LogP contribution in [0.5, 0.6) is 0 Å². The minimum absolute atomic E-state index is 0.0445. The molecule has 0 bridgehead atoms. The number of aryl methyl sites for hydroxylation is 1. The maximum absolute atomic E-state index is 12.4. The number of benzene rings is 1. The first-order valence-corrected chi connectivity index (χ1v) is 10.1. The Morgan fingerprint density at radius 2 is 1.62 bits per heavy atom. The van der Waals surface area contributed by atoms with Gasteiger partial charge in [-0.25, -0.2) is 4.98 Å². The quantitative estimate of drug-likeness (QED) is 0.462. The van der Waals surface area contributed by atoms with Gasteiger partial charge in [-0.05, 0) is 44.0 Å². The summed E-state index contributed by atoms with van der Waals surface area (Å²) in [6, 6.07) is 7.30. The van der Waals surface area contributed by atoms with Gasteiger partial charge in [0, 0.05) is 22.0 Å². The average molecular weight is 376 g/mol. The van der Waals surface area contributed by atoms with Crippen molar-refractivity contribution < 1.29 is 0 Å². The molecule has 26 heavy (non-hydrogen) atoms. The van der Waals surface area contributed by atoms with E-state index in [0.717, 1.165) is 29.8 Å². The fourth-order valence-electron chi connectivity index (χ4n) is 3.07. The molecule has 142 valence electrons. The van der Waals surface area contributed by atoms with Gasteiger partial charge in [0.15, 0.2) is 0 Å². The summed E-state index contributed by atoms with van der Waals surface area (Å²) in [7, 11) is 0. The summed E-state index contributed by atoms with van der Waals surface area (Å²) in [5.74, 6) is 0.467. The van der Waals surface area contributed by atoms with Gasteiger partial charge in [-0.15, -0.1) is 0 Å². The summed E-state index contributed by atoms with van der Waals surface area (Å²) >= 11 is 5.89. The summed E-state index contributed by atoms with van der Waals surface area (Å²) in [4.78, 5) is 19.7. The highest BCUT2D eigenvalue weighted by Gasteiger charge is 2.08. The SMILES string of the molecule is CCCCCCCCCCc1c(C)nc(Nc2ccc(Cl)cc2)[nH]c1=O. The lowest BCUT2D eigenvalue weighted by Crippen LogP contribution is -2.18. The Kier molecular flexibility index (Phi) is 8.69. The molecular formula is C21H30ClN3O. The number of unbranched alkanes of at least 4 members (excludes halogenated alkanes) is 7. The molecule has 1 heterocycles. The number of aromatic amines is 1. The number of rotatable bonds is 11. The Morgan fingerprint density at radius 3 is 2.23 bits per heavy atom. The van der Waals surface area contributed by atoms with Gasteiger partial charge in [0.25, 0.3) is 5.56 Å². The van der Waals surface area contributed by atoms with E-state index in [2.05, 4.69) is 22.2 Å². The maximum Gasteiger partial charge on any atom is 0.255 e. The van der Waals surface area contributed by atoms with Crippen molar-refractivity contribution in [2.45, 2.75) is 71.6 Å². The Morgan fingerprint density at radius 1 is 1.00 bits per heavy atom. The Balaban J connectivity index is 1.83. The predicted octanol–water partition coefficient (Wildman–Crippen LogP) is 6.16. The molecule has 0 saturated heterocycles. The molecule has 0 unspecified atom stereocenters. The molecule has 0 fully saturated rings. The number of aromatic nitrogens is 2. The van der Waals surface area contributed by atoms with Crippen molar-refractivity contribution in [1.29, 1.82) is 0 Å². The van der Waals surface area contributed by atoms with Crippen LogP contribution >= 0.6 is 11.6 Å². The topological polar surface area (TPSA) is 57.8 Å². The second kappa shape index (κ2) is 11.0. The fraction of sp³-hybridized carbons (Fsp3) is 0.524. The highest BCUT2D eigenvalue weighted by Crippen LogP contribution is 2.17. The minimum atomic E-state index is -0.0445. The first-order chi connectivity index (χ1) is 12.6. The van der Waals surface area contributed by atoms with Crippen LogP contribution in [-0.2, 0) is 6.42 Å². The van der Waals surface area contributed by atoms with E-state index < -0.39 is 0 Å². The molecule has 0 aliphatic heterocycles. The lowest BCUT2D eigenvalue weighted by Gasteiger charge is -2.09. The number of nitrogens with one attached hydrogen (secondary N) is 2. The smallest absolute Gasteiger partial charge is 0.255 e. The molecule has 1 aromatic carbocycles. The summed E-state index contributed by atoms with van der Waals surface area (Å²) in [6.07, 6.45) is 10.9. The van der Waals surface area contributed by atoms with Gasteiger partial charge in [0.05, 0.1) is 0 Å². The van der Waals surface area contributed by atoms with Gasteiger partial charge in [-0.2, -0.15) is 0 Å². The summed E-state index contributed by atoms with van der Waals surface area (Å²) in [6.45, 7) is 4.15. The number of hydrogen-bond donors (Lipinski definition) is 2. The van der Waals surface area contributed by atoms with Gasteiger partial charge in [0.1, 0.15) is 0 Å². The number of H-pyrrole nitrogens is 1. The van der Waals surface area contributed by atoms with Gasteiger partial charge in [-0.1, -0.05) is 63.5 Å². The van der Waals surface area contributed by atoms with E-state index in [9.17, 15) is 4.79 Å². The molecular weight excluding hydrogens is 346 g/mol. The van der Waals surface area contributed by atoms with Crippen LogP contribution < -0.4 is 10.9 Å². The Bertz CT molecular complexity index is 725. The van der Waals surface area contributed by atoms with E-state index in [4.69, 9.17) is 11.6 Å². The van der Waals surface area contributed by atoms with Crippen LogP contribution in [-0.4, -0.2) is 9.97 Å². The zero-order valence-electron chi connectivity index (χ0n) is 15.9. The van der Waals surface area contributed by atoms with Gasteiger partial charge >= 0.3 is 0 Å². The summed E-state index contributed by atoms with van der Waals surface area (Å²) < 4.78 is 0. The van der Waals surface area contributed by atoms with Crippen LogP contribution in [0.2, 0.25) is 5.02 Å². The number of nitrogens with zero attached hydrogens (tertiary/aromatic N) is 1. The van der Waals surface area contributed by atoms with E-state index in [-0.39, 0.29) is 5.56 Å². The minimum Gasteiger partial charge on any atom is -0.326 e. The molecule has 4 nitrogen and oxygen atoms in total. The predicted molar refractivity (Wildman–Crippen MR) is 111 cm³/mol. The Hall–Kier alpha value is -1.81. The van der Waals surface area contributed by atoms with Crippen molar-refractivity contribution in [2.24, 2.45) is 0 Å². The number of hydrogen-bond acceptors (Lipinski definition) is 3. The largest absolute Gasteiger partial charge is 0.326 e. The standard InChI is InChI=1S/C21H30ClN3O/c1-3-4-5-6-7-8-9-10-11-19-16(2)23-21(25-20(19)26)24-18-14-12-17(22)13-15-18/h12-15H,3-11H2,1-2H3,(H2,23,24,25,26). The molecule has 0 amide bonds. The molecule has 0 aliphatic carbocycles. The third kappa shape index (κ3) is 6.83. The van der Waals surface area contributed by atoms with Crippen LogP contribution in [0.4, 0.5) is 11.6 Å². The van der Waals surface area contributed by atoms with Crippen molar-refractivity contribution in [3.63, 3.8) is 0 Å². The normalized spacial score (nSPS) is 10.9. The van der Waals surface area contributed by atoms with Crippen LogP contribution in [0.25, 0.3) is 0 Å². The number of halogens is 1. The first-order valence-electron chi connectivity index (χ1n) is 9.72. The van der Waals surface area contributed by atoms with Crippen LogP contribution in [0.3, 0.4) is 0 Å². The fourth-order valence-corrected chi connectivity index (χ4v) is 3.20. The van der Waals surface area contributed by atoms with Crippen LogP contribution in [0.1, 0.15) is 69.5 Å². The van der Waals surface area contributed by atoms with E-state index in [1.807, 2.05) is 19.1 Å². The second-order valence-corrected chi connectivity index (χ2v) is 7.27. The number of anilines is 2. The van der Waals surface area contributed by atoms with Crippen molar-refractivity contribution in [1.82, 2.24) is 9.97 Å². The molecule has 1 aromatic heterocycles. The first kappa shape index (κ1) is 20.5. The molecule has 2 rings (SSSR count). The molecule has 5 heteroatoms. The maximum atomic E-state index is 12.4. The molecule has 2 aromatic rings. The molecule has 0 saturated carbocycles. The average Bonchev–Trinajstić information content (AvgIpc) is 2.61. The zero-order valence-corrected chi connectivity index (χ0v) is 16.7. The lowest BCUT2D eigenvalue weighted by molar-refractivity contribution is 0.574. The van der Waals surface area contributed by atoms with Gasteiger partial charge in [0.2, 0.25) is 5.95 Å².